The molecular weight excluding hydrogens is 380 g/mol. The maximum absolute atomic E-state index is 12.2. The normalized spacial score (nSPS) is 11.2. The van der Waals surface area contributed by atoms with E-state index < -0.39 is 21.9 Å². The van der Waals surface area contributed by atoms with Crippen molar-refractivity contribution in [1.29, 1.82) is 0 Å². The minimum absolute atomic E-state index is 0.00140. The van der Waals surface area contributed by atoms with Gasteiger partial charge in [-0.25, -0.2) is 17.9 Å². The van der Waals surface area contributed by atoms with Crippen LogP contribution in [0.25, 0.3) is 0 Å². The number of rotatable bonds is 7. The third-order valence-corrected chi connectivity index (χ3v) is 5.43. The largest absolute Gasteiger partial charge is 0.478 e. The van der Waals surface area contributed by atoms with Crippen LogP contribution in [0.5, 0.6) is 0 Å². The van der Waals surface area contributed by atoms with Gasteiger partial charge in [-0.3, -0.25) is 4.79 Å². The predicted octanol–water partition coefficient (Wildman–Crippen LogP) is 2.05. The molecule has 0 bridgehead atoms. The van der Waals surface area contributed by atoms with E-state index >= 15 is 0 Å². The smallest absolute Gasteiger partial charge is 0.336 e. The van der Waals surface area contributed by atoms with Crippen molar-refractivity contribution in [3.8, 4) is 0 Å². The van der Waals surface area contributed by atoms with Gasteiger partial charge in [0.05, 0.1) is 16.0 Å². The van der Waals surface area contributed by atoms with Crippen LogP contribution in [0.4, 0.5) is 0 Å². The number of amides is 1. The van der Waals surface area contributed by atoms with Gasteiger partial charge in [-0.05, 0) is 42.8 Å². The molecule has 0 atom stereocenters. The molecule has 7 nitrogen and oxygen atoms in total. The first-order chi connectivity index (χ1) is 12.2. The Labute approximate surface area is 156 Å². The van der Waals surface area contributed by atoms with Crippen molar-refractivity contribution in [2.24, 2.45) is 0 Å². The van der Waals surface area contributed by atoms with Crippen LogP contribution < -0.4 is 10.0 Å². The summed E-state index contributed by atoms with van der Waals surface area (Å²) in [6.45, 7) is 1.64. The number of carbonyl (C=O) groups is 2. The highest BCUT2D eigenvalue weighted by molar-refractivity contribution is 7.89. The topological polar surface area (TPSA) is 113 Å². The Morgan fingerprint density at radius 3 is 2.35 bits per heavy atom. The molecule has 2 rings (SSSR count). The number of carboxylic acid groups (broad SMARTS) is 1. The first-order valence-corrected chi connectivity index (χ1v) is 9.45. The SMILES string of the molecule is Cc1cc(S(=O)(=O)NCCNC(=O)c2ccccc2C(=O)O)ccc1Cl. The van der Waals surface area contributed by atoms with Gasteiger partial charge in [0, 0.05) is 18.1 Å². The number of aromatic carboxylic acids is 1. The zero-order chi connectivity index (χ0) is 19.3. The maximum Gasteiger partial charge on any atom is 0.336 e. The van der Waals surface area contributed by atoms with Gasteiger partial charge in [-0.1, -0.05) is 23.7 Å². The van der Waals surface area contributed by atoms with E-state index in [9.17, 15) is 18.0 Å². The number of benzene rings is 2. The van der Waals surface area contributed by atoms with E-state index in [1.54, 1.807) is 13.0 Å². The highest BCUT2D eigenvalue weighted by atomic mass is 35.5. The van der Waals surface area contributed by atoms with E-state index in [-0.39, 0.29) is 29.1 Å². The molecule has 2 aromatic rings. The summed E-state index contributed by atoms with van der Waals surface area (Å²) in [4.78, 5) is 23.3. The molecule has 0 saturated heterocycles. The summed E-state index contributed by atoms with van der Waals surface area (Å²) in [5, 5.41) is 12.0. The summed E-state index contributed by atoms with van der Waals surface area (Å²) in [6.07, 6.45) is 0. The Morgan fingerprint density at radius 1 is 1.08 bits per heavy atom. The molecule has 138 valence electrons. The zero-order valence-electron chi connectivity index (χ0n) is 13.8. The molecule has 0 heterocycles. The Morgan fingerprint density at radius 2 is 1.73 bits per heavy atom. The van der Waals surface area contributed by atoms with E-state index in [1.165, 1.54) is 36.4 Å². The lowest BCUT2D eigenvalue weighted by Gasteiger charge is -2.10. The Kier molecular flexibility index (Phi) is 6.36. The first kappa shape index (κ1) is 19.9. The van der Waals surface area contributed by atoms with Crippen molar-refractivity contribution in [3.63, 3.8) is 0 Å². The van der Waals surface area contributed by atoms with Gasteiger partial charge >= 0.3 is 5.97 Å². The number of halogens is 1. The summed E-state index contributed by atoms with van der Waals surface area (Å²) < 4.78 is 26.8. The quantitative estimate of drug-likeness (QED) is 0.620. The lowest BCUT2D eigenvalue weighted by Crippen LogP contribution is -2.35. The molecule has 0 aliphatic carbocycles. The van der Waals surface area contributed by atoms with Gasteiger partial charge in [-0.2, -0.15) is 0 Å². The fourth-order valence-corrected chi connectivity index (χ4v) is 3.43. The van der Waals surface area contributed by atoms with E-state index in [0.29, 0.717) is 10.6 Å². The van der Waals surface area contributed by atoms with E-state index in [1.807, 2.05) is 0 Å². The third-order valence-electron chi connectivity index (χ3n) is 3.54. The molecule has 0 aliphatic rings. The third kappa shape index (κ3) is 4.81. The second-order valence-electron chi connectivity index (χ2n) is 5.42. The lowest BCUT2D eigenvalue weighted by molar-refractivity contribution is 0.0691. The summed E-state index contributed by atoms with van der Waals surface area (Å²) in [5.74, 6) is -1.81. The number of aryl methyl sites for hydroxylation is 1. The van der Waals surface area contributed by atoms with Crippen molar-refractivity contribution in [2.75, 3.05) is 13.1 Å². The number of hydrogen-bond donors (Lipinski definition) is 3. The highest BCUT2D eigenvalue weighted by Crippen LogP contribution is 2.19. The molecule has 0 fully saturated rings. The molecule has 0 unspecified atom stereocenters. The van der Waals surface area contributed by atoms with Crippen molar-refractivity contribution in [1.82, 2.24) is 10.0 Å². The molecule has 26 heavy (non-hydrogen) atoms. The first-order valence-electron chi connectivity index (χ1n) is 7.58. The standard InChI is InChI=1S/C17H17ClN2O5S/c1-11-10-12(6-7-15(11)18)26(24,25)20-9-8-19-16(21)13-4-2-3-5-14(13)17(22)23/h2-7,10,20H,8-9H2,1H3,(H,19,21)(H,22,23). The monoisotopic (exact) mass is 396 g/mol. The maximum atomic E-state index is 12.2. The number of sulfonamides is 1. The van der Waals surface area contributed by atoms with Crippen LogP contribution in [0, 0.1) is 6.92 Å². The molecule has 0 aliphatic heterocycles. The van der Waals surface area contributed by atoms with Gasteiger partial charge in [0.25, 0.3) is 5.91 Å². The van der Waals surface area contributed by atoms with Gasteiger partial charge in [0.1, 0.15) is 0 Å². The van der Waals surface area contributed by atoms with Crippen molar-refractivity contribution < 1.29 is 23.1 Å². The average Bonchev–Trinajstić information content (AvgIpc) is 2.60. The summed E-state index contributed by atoms with van der Waals surface area (Å²) in [7, 11) is -3.74. The second-order valence-corrected chi connectivity index (χ2v) is 7.59. The van der Waals surface area contributed by atoms with E-state index in [4.69, 9.17) is 16.7 Å². The Bertz CT molecular complexity index is 944. The molecule has 0 radical (unpaired) electrons. The highest BCUT2D eigenvalue weighted by Gasteiger charge is 2.17. The van der Waals surface area contributed by atoms with Crippen LogP contribution in [0.15, 0.2) is 47.4 Å². The van der Waals surface area contributed by atoms with Gasteiger partial charge < -0.3 is 10.4 Å². The minimum Gasteiger partial charge on any atom is -0.478 e. The molecule has 3 N–H and O–H groups in total. The van der Waals surface area contributed by atoms with E-state index in [0.717, 1.165) is 0 Å². The Hall–Kier alpha value is -2.42. The molecule has 0 spiro atoms. The van der Waals surface area contributed by atoms with Crippen molar-refractivity contribution in [3.05, 3.63) is 64.2 Å². The molecule has 0 aromatic heterocycles. The molecule has 1 amide bonds. The van der Waals surface area contributed by atoms with Crippen molar-refractivity contribution >= 4 is 33.5 Å². The molecular formula is C17H17ClN2O5S. The zero-order valence-corrected chi connectivity index (χ0v) is 15.4. The van der Waals surface area contributed by atoms with Crippen LogP contribution in [0.1, 0.15) is 26.3 Å². The average molecular weight is 397 g/mol. The molecule has 9 heteroatoms. The Balaban J connectivity index is 1.95. The van der Waals surface area contributed by atoms with Gasteiger partial charge in [0.15, 0.2) is 0 Å². The van der Waals surface area contributed by atoms with Crippen LogP contribution in [0.3, 0.4) is 0 Å². The number of carbonyl (C=O) groups excluding carboxylic acids is 1. The summed E-state index contributed by atoms with van der Waals surface area (Å²) in [5.41, 5.74) is 0.520. The van der Waals surface area contributed by atoms with Crippen LogP contribution in [-0.4, -0.2) is 38.5 Å². The number of carboxylic acids is 1. The molecule has 0 saturated carbocycles. The number of nitrogens with one attached hydrogen (secondary N) is 2. The number of hydrogen-bond acceptors (Lipinski definition) is 4. The van der Waals surface area contributed by atoms with Crippen LogP contribution >= 0.6 is 11.6 Å². The van der Waals surface area contributed by atoms with Crippen LogP contribution in [0.2, 0.25) is 5.02 Å². The summed E-state index contributed by atoms with van der Waals surface area (Å²) >= 11 is 5.88. The molecule has 2 aromatic carbocycles. The fraction of sp³-hybridized carbons (Fsp3) is 0.176. The second kappa shape index (κ2) is 8.31. The van der Waals surface area contributed by atoms with Gasteiger partial charge in [-0.15, -0.1) is 0 Å². The minimum atomic E-state index is -3.74. The fourth-order valence-electron chi connectivity index (χ4n) is 2.19. The van der Waals surface area contributed by atoms with E-state index in [2.05, 4.69) is 10.0 Å². The predicted molar refractivity (Wildman–Crippen MR) is 97.1 cm³/mol. The van der Waals surface area contributed by atoms with Crippen molar-refractivity contribution in [2.45, 2.75) is 11.8 Å². The van der Waals surface area contributed by atoms with Gasteiger partial charge in [0.2, 0.25) is 10.0 Å². The van der Waals surface area contributed by atoms with Crippen LogP contribution in [-0.2, 0) is 10.0 Å². The lowest BCUT2D eigenvalue weighted by atomic mass is 10.1. The summed E-state index contributed by atoms with van der Waals surface area (Å²) in [6, 6.07) is 10.1.